The first-order chi connectivity index (χ1) is 12.5. The summed E-state index contributed by atoms with van der Waals surface area (Å²) in [6.07, 6.45) is 3.66. The fourth-order valence-corrected chi connectivity index (χ4v) is 3.14. The van der Waals surface area contributed by atoms with Crippen LogP contribution in [0.4, 0.5) is 5.69 Å². The average Bonchev–Trinajstić information content (AvgIpc) is 3.01. The number of amides is 1. The summed E-state index contributed by atoms with van der Waals surface area (Å²) in [6.45, 7) is 8.21. The monoisotopic (exact) mass is 350 g/mol. The van der Waals surface area contributed by atoms with E-state index in [0.717, 1.165) is 52.7 Å². The number of fused-ring (bicyclic) bond motifs is 1. The zero-order chi connectivity index (χ0) is 18.7. The van der Waals surface area contributed by atoms with Crippen LogP contribution in [0.5, 0.6) is 0 Å². The van der Waals surface area contributed by atoms with E-state index in [2.05, 4.69) is 30.2 Å². The van der Waals surface area contributed by atoms with E-state index in [0.29, 0.717) is 12.3 Å². The second kappa shape index (κ2) is 7.73. The summed E-state index contributed by atoms with van der Waals surface area (Å²) in [5.74, 6) is 0.637. The molecule has 1 aromatic heterocycles. The van der Waals surface area contributed by atoms with E-state index >= 15 is 0 Å². The maximum absolute atomic E-state index is 12.2. The lowest BCUT2D eigenvalue weighted by molar-refractivity contribution is -0.116. The van der Waals surface area contributed by atoms with Gasteiger partial charge in [-0.2, -0.15) is 0 Å². The van der Waals surface area contributed by atoms with Crippen LogP contribution in [0.15, 0.2) is 34.7 Å². The van der Waals surface area contributed by atoms with Gasteiger partial charge in [-0.25, -0.2) is 4.98 Å². The smallest absolute Gasteiger partial charge is 0.227 e. The first-order valence-electron chi connectivity index (χ1n) is 9.26. The minimum Gasteiger partial charge on any atom is -0.436 e. The number of benzene rings is 2. The number of oxazole rings is 1. The van der Waals surface area contributed by atoms with E-state index in [1.54, 1.807) is 0 Å². The van der Waals surface area contributed by atoms with E-state index < -0.39 is 0 Å². The molecule has 0 spiro atoms. The molecule has 0 saturated carbocycles. The fourth-order valence-electron chi connectivity index (χ4n) is 3.14. The molecule has 136 valence electrons. The molecule has 26 heavy (non-hydrogen) atoms. The van der Waals surface area contributed by atoms with E-state index in [1.165, 1.54) is 5.56 Å². The van der Waals surface area contributed by atoms with Crippen LogP contribution in [0, 0.1) is 20.8 Å². The molecule has 0 saturated heterocycles. The molecule has 0 aliphatic carbocycles. The van der Waals surface area contributed by atoms with Crippen LogP contribution in [0.1, 0.15) is 49.3 Å². The summed E-state index contributed by atoms with van der Waals surface area (Å²) >= 11 is 0. The van der Waals surface area contributed by atoms with Gasteiger partial charge in [-0.3, -0.25) is 4.79 Å². The van der Waals surface area contributed by atoms with Crippen molar-refractivity contribution in [2.24, 2.45) is 0 Å². The van der Waals surface area contributed by atoms with Gasteiger partial charge < -0.3 is 9.73 Å². The molecule has 0 unspecified atom stereocenters. The first-order valence-corrected chi connectivity index (χ1v) is 9.26. The van der Waals surface area contributed by atoms with Crippen LogP contribution >= 0.6 is 0 Å². The van der Waals surface area contributed by atoms with E-state index in [9.17, 15) is 4.79 Å². The Kier molecular flexibility index (Phi) is 5.40. The summed E-state index contributed by atoms with van der Waals surface area (Å²) in [7, 11) is 0. The van der Waals surface area contributed by atoms with Gasteiger partial charge in [0.25, 0.3) is 0 Å². The standard InChI is InChI=1S/C22H26N2O2/c1-5-6-7-8-20(25)23-18-13-17(10-9-15(18)3)22-24-19-12-14(2)11-16(4)21(19)26-22/h9-13H,5-8H2,1-4H3,(H,23,25). The van der Waals surface area contributed by atoms with Crippen molar-refractivity contribution in [3.63, 3.8) is 0 Å². The molecule has 0 bridgehead atoms. The lowest BCUT2D eigenvalue weighted by Gasteiger charge is -2.09. The highest BCUT2D eigenvalue weighted by atomic mass is 16.3. The van der Waals surface area contributed by atoms with Gasteiger partial charge in [0.05, 0.1) is 0 Å². The lowest BCUT2D eigenvalue weighted by atomic mass is 10.1. The van der Waals surface area contributed by atoms with Crippen LogP contribution in [-0.2, 0) is 4.79 Å². The van der Waals surface area contributed by atoms with Crippen LogP contribution in [0.2, 0.25) is 0 Å². The molecule has 1 N–H and O–H groups in total. The van der Waals surface area contributed by atoms with Crippen molar-refractivity contribution in [1.82, 2.24) is 4.98 Å². The highest BCUT2D eigenvalue weighted by molar-refractivity contribution is 5.92. The number of nitrogens with one attached hydrogen (secondary N) is 1. The predicted octanol–water partition coefficient (Wildman–Crippen LogP) is 5.94. The minimum atomic E-state index is 0.0581. The molecule has 1 heterocycles. The van der Waals surface area contributed by atoms with Crippen molar-refractivity contribution in [3.05, 3.63) is 47.0 Å². The molecule has 0 aliphatic heterocycles. The number of carbonyl (C=O) groups is 1. The summed E-state index contributed by atoms with van der Waals surface area (Å²) in [4.78, 5) is 16.8. The third kappa shape index (κ3) is 3.96. The first kappa shape index (κ1) is 18.2. The molecule has 4 nitrogen and oxygen atoms in total. The maximum Gasteiger partial charge on any atom is 0.227 e. The van der Waals surface area contributed by atoms with Crippen molar-refractivity contribution in [2.75, 3.05) is 5.32 Å². The number of hydrogen-bond donors (Lipinski definition) is 1. The second-order valence-corrected chi connectivity index (χ2v) is 6.98. The fraction of sp³-hybridized carbons (Fsp3) is 0.364. The minimum absolute atomic E-state index is 0.0581. The normalized spacial score (nSPS) is 11.1. The quantitative estimate of drug-likeness (QED) is 0.560. The van der Waals surface area contributed by atoms with Gasteiger partial charge in [-0.1, -0.05) is 31.9 Å². The Balaban J connectivity index is 1.87. The van der Waals surface area contributed by atoms with Crippen LogP contribution in [0.3, 0.4) is 0 Å². The Morgan fingerprint density at radius 3 is 2.65 bits per heavy atom. The zero-order valence-electron chi connectivity index (χ0n) is 16.0. The Morgan fingerprint density at radius 1 is 1.08 bits per heavy atom. The van der Waals surface area contributed by atoms with Gasteiger partial charge in [0.2, 0.25) is 11.8 Å². The zero-order valence-corrected chi connectivity index (χ0v) is 16.0. The second-order valence-electron chi connectivity index (χ2n) is 6.98. The Morgan fingerprint density at radius 2 is 1.88 bits per heavy atom. The largest absolute Gasteiger partial charge is 0.436 e. The molecule has 0 atom stereocenters. The summed E-state index contributed by atoms with van der Waals surface area (Å²) < 4.78 is 6.00. The molecule has 0 radical (unpaired) electrons. The van der Waals surface area contributed by atoms with Gasteiger partial charge in [-0.15, -0.1) is 0 Å². The molecule has 0 fully saturated rings. The van der Waals surface area contributed by atoms with Gasteiger partial charge in [0.15, 0.2) is 5.58 Å². The molecule has 4 heteroatoms. The van der Waals surface area contributed by atoms with Crippen LogP contribution < -0.4 is 5.32 Å². The van der Waals surface area contributed by atoms with Crippen molar-refractivity contribution in [1.29, 1.82) is 0 Å². The van der Waals surface area contributed by atoms with E-state index in [1.807, 2.05) is 38.1 Å². The number of carbonyl (C=O) groups excluding carboxylic acids is 1. The number of nitrogens with zero attached hydrogens (tertiary/aromatic N) is 1. The Labute approximate surface area is 154 Å². The number of unbranched alkanes of at least 4 members (excludes halogenated alkanes) is 2. The van der Waals surface area contributed by atoms with Gasteiger partial charge in [-0.05, 0) is 62.1 Å². The summed E-state index contributed by atoms with van der Waals surface area (Å²) in [5, 5.41) is 3.03. The maximum atomic E-state index is 12.2. The van der Waals surface area contributed by atoms with E-state index in [-0.39, 0.29) is 5.91 Å². The number of anilines is 1. The number of rotatable bonds is 6. The third-order valence-electron chi connectivity index (χ3n) is 4.59. The highest BCUT2D eigenvalue weighted by Crippen LogP contribution is 2.30. The molecule has 3 aromatic rings. The molecular formula is C22H26N2O2. The summed E-state index contributed by atoms with van der Waals surface area (Å²) in [6, 6.07) is 10.0. The Bertz CT molecular complexity index is 941. The van der Waals surface area contributed by atoms with Crippen molar-refractivity contribution in [2.45, 2.75) is 53.4 Å². The van der Waals surface area contributed by atoms with Crippen LogP contribution in [0.25, 0.3) is 22.6 Å². The van der Waals surface area contributed by atoms with Crippen molar-refractivity contribution < 1.29 is 9.21 Å². The third-order valence-corrected chi connectivity index (χ3v) is 4.59. The van der Waals surface area contributed by atoms with Gasteiger partial charge in [0.1, 0.15) is 5.52 Å². The Hall–Kier alpha value is -2.62. The molecular weight excluding hydrogens is 324 g/mol. The molecule has 3 rings (SSSR count). The topological polar surface area (TPSA) is 55.1 Å². The number of aryl methyl sites for hydroxylation is 3. The molecule has 0 aliphatic rings. The van der Waals surface area contributed by atoms with Crippen LogP contribution in [-0.4, -0.2) is 10.9 Å². The molecule has 2 aromatic carbocycles. The highest BCUT2D eigenvalue weighted by Gasteiger charge is 2.13. The van der Waals surface area contributed by atoms with Crippen molar-refractivity contribution in [3.8, 4) is 11.5 Å². The lowest BCUT2D eigenvalue weighted by Crippen LogP contribution is -2.12. The SMILES string of the molecule is CCCCCC(=O)Nc1cc(-c2nc3cc(C)cc(C)c3o2)ccc1C. The predicted molar refractivity (Wildman–Crippen MR) is 106 cm³/mol. The van der Waals surface area contributed by atoms with Gasteiger partial charge in [0, 0.05) is 17.7 Å². The summed E-state index contributed by atoms with van der Waals surface area (Å²) in [5.41, 5.74) is 6.64. The number of hydrogen-bond acceptors (Lipinski definition) is 3. The van der Waals surface area contributed by atoms with Gasteiger partial charge >= 0.3 is 0 Å². The average molecular weight is 350 g/mol. The van der Waals surface area contributed by atoms with E-state index in [4.69, 9.17) is 4.42 Å². The number of aromatic nitrogens is 1. The molecule has 1 amide bonds. The van der Waals surface area contributed by atoms with Crippen molar-refractivity contribution >= 4 is 22.7 Å².